The molecule has 98 valence electrons. The summed E-state index contributed by atoms with van der Waals surface area (Å²) in [4.78, 5) is 11.9. The zero-order chi connectivity index (χ0) is 13.8. The summed E-state index contributed by atoms with van der Waals surface area (Å²) >= 11 is 0. The van der Waals surface area contributed by atoms with Gasteiger partial charge in [-0.25, -0.2) is 4.79 Å². The van der Waals surface area contributed by atoms with Gasteiger partial charge in [0.15, 0.2) is 0 Å². The Bertz CT molecular complexity index is 585. The SMILES string of the molecule is Cc1cccc(COC(=O)c2cc(C)cc(N)c2)c1. The minimum atomic E-state index is -0.350. The summed E-state index contributed by atoms with van der Waals surface area (Å²) in [6.07, 6.45) is 0. The molecular weight excluding hydrogens is 238 g/mol. The molecule has 2 rings (SSSR count). The lowest BCUT2D eigenvalue weighted by molar-refractivity contribution is 0.0472. The molecule has 0 fully saturated rings. The standard InChI is InChI=1S/C16H17NO2/c1-11-4-3-5-13(6-11)10-19-16(18)14-7-12(2)8-15(17)9-14/h3-9H,10,17H2,1-2H3. The number of hydrogen-bond acceptors (Lipinski definition) is 3. The lowest BCUT2D eigenvalue weighted by atomic mass is 10.1. The van der Waals surface area contributed by atoms with E-state index >= 15 is 0 Å². The smallest absolute Gasteiger partial charge is 0.338 e. The van der Waals surface area contributed by atoms with Gasteiger partial charge < -0.3 is 10.5 Å². The number of nitrogen functional groups attached to an aromatic ring is 1. The van der Waals surface area contributed by atoms with Crippen molar-refractivity contribution in [2.24, 2.45) is 0 Å². The fourth-order valence-corrected chi connectivity index (χ4v) is 1.96. The van der Waals surface area contributed by atoms with Crippen molar-refractivity contribution in [3.8, 4) is 0 Å². The van der Waals surface area contributed by atoms with Crippen molar-refractivity contribution in [3.63, 3.8) is 0 Å². The van der Waals surface area contributed by atoms with Crippen LogP contribution in [0.2, 0.25) is 0 Å². The summed E-state index contributed by atoms with van der Waals surface area (Å²) in [5.41, 5.74) is 9.85. The molecule has 19 heavy (non-hydrogen) atoms. The zero-order valence-electron chi connectivity index (χ0n) is 11.1. The monoisotopic (exact) mass is 255 g/mol. The predicted octanol–water partition coefficient (Wildman–Crippen LogP) is 3.24. The Morgan fingerprint density at radius 3 is 2.58 bits per heavy atom. The number of hydrogen-bond donors (Lipinski definition) is 1. The summed E-state index contributed by atoms with van der Waals surface area (Å²) in [7, 11) is 0. The topological polar surface area (TPSA) is 52.3 Å². The normalized spacial score (nSPS) is 10.2. The predicted molar refractivity (Wildman–Crippen MR) is 75.9 cm³/mol. The largest absolute Gasteiger partial charge is 0.457 e. The third kappa shape index (κ3) is 3.58. The number of rotatable bonds is 3. The van der Waals surface area contributed by atoms with Crippen molar-refractivity contribution in [3.05, 3.63) is 64.7 Å². The lowest BCUT2D eigenvalue weighted by Crippen LogP contribution is -2.06. The summed E-state index contributed by atoms with van der Waals surface area (Å²) in [6, 6.07) is 13.1. The average Bonchev–Trinajstić information content (AvgIpc) is 2.35. The molecule has 0 aliphatic heterocycles. The van der Waals surface area contributed by atoms with E-state index in [1.165, 1.54) is 0 Å². The van der Waals surface area contributed by atoms with Crippen molar-refractivity contribution >= 4 is 11.7 Å². The highest BCUT2D eigenvalue weighted by molar-refractivity contribution is 5.90. The molecule has 0 heterocycles. The molecule has 0 aliphatic carbocycles. The van der Waals surface area contributed by atoms with Gasteiger partial charge in [0.25, 0.3) is 0 Å². The fourth-order valence-electron chi connectivity index (χ4n) is 1.96. The van der Waals surface area contributed by atoms with Crippen LogP contribution in [-0.2, 0) is 11.3 Å². The maximum absolute atomic E-state index is 11.9. The molecular formula is C16H17NO2. The molecule has 2 aromatic carbocycles. The van der Waals surface area contributed by atoms with Crippen LogP contribution in [0, 0.1) is 13.8 Å². The summed E-state index contributed by atoms with van der Waals surface area (Å²) < 4.78 is 5.28. The molecule has 3 heteroatoms. The molecule has 0 saturated heterocycles. The molecule has 0 amide bonds. The number of aryl methyl sites for hydroxylation is 2. The molecule has 2 aromatic rings. The summed E-state index contributed by atoms with van der Waals surface area (Å²) in [6.45, 7) is 4.18. The van der Waals surface area contributed by atoms with Gasteiger partial charge >= 0.3 is 5.97 Å². The van der Waals surface area contributed by atoms with Gasteiger partial charge in [0.05, 0.1) is 5.56 Å². The van der Waals surface area contributed by atoms with Gasteiger partial charge in [-0.2, -0.15) is 0 Å². The molecule has 0 aromatic heterocycles. The van der Waals surface area contributed by atoms with Crippen molar-refractivity contribution < 1.29 is 9.53 Å². The van der Waals surface area contributed by atoms with Crippen LogP contribution >= 0.6 is 0 Å². The van der Waals surface area contributed by atoms with Crippen molar-refractivity contribution in [1.29, 1.82) is 0 Å². The van der Waals surface area contributed by atoms with Gasteiger partial charge in [-0.15, -0.1) is 0 Å². The van der Waals surface area contributed by atoms with E-state index in [2.05, 4.69) is 0 Å². The minimum Gasteiger partial charge on any atom is -0.457 e. The molecule has 0 saturated carbocycles. The Morgan fingerprint density at radius 1 is 1.11 bits per heavy atom. The third-order valence-electron chi connectivity index (χ3n) is 2.79. The molecule has 0 aliphatic rings. The summed E-state index contributed by atoms with van der Waals surface area (Å²) in [5, 5.41) is 0. The lowest BCUT2D eigenvalue weighted by Gasteiger charge is -2.07. The van der Waals surface area contributed by atoms with Gasteiger partial charge in [-0.1, -0.05) is 29.8 Å². The fraction of sp³-hybridized carbons (Fsp3) is 0.188. The quantitative estimate of drug-likeness (QED) is 0.676. The number of carbonyl (C=O) groups excluding carboxylic acids is 1. The number of ether oxygens (including phenoxy) is 1. The van der Waals surface area contributed by atoms with E-state index in [-0.39, 0.29) is 12.6 Å². The molecule has 3 nitrogen and oxygen atoms in total. The highest BCUT2D eigenvalue weighted by Crippen LogP contribution is 2.13. The number of carbonyl (C=O) groups is 1. The van der Waals surface area contributed by atoms with Crippen LogP contribution in [0.25, 0.3) is 0 Å². The van der Waals surface area contributed by atoms with Crippen molar-refractivity contribution in [2.75, 3.05) is 5.73 Å². The van der Waals surface area contributed by atoms with Gasteiger partial charge in [0.2, 0.25) is 0 Å². The van der Waals surface area contributed by atoms with Crippen LogP contribution in [0.3, 0.4) is 0 Å². The number of benzene rings is 2. The highest BCUT2D eigenvalue weighted by atomic mass is 16.5. The minimum absolute atomic E-state index is 0.272. The molecule has 2 N–H and O–H groups in total. The first kappa shape index (κ1) is 13.1. The van der Waals surface area contributed by atoms with E-state index in [9.17, 15) is 4.79 Å². The third-order valence-corrected chi connectivity index (χ3v) is 2.79. The molecule has 0 radical (unpaired) electrons. The Morgan fingerprint density at radius 2 is 1.89 bits per heavy atom. The Balaban J connectivity index is 2.05. The van der Waals surface area contributed by atoms with Crippen LogP contribution in [-0.4, -0.2) is 5.97 Å². The van der Waals surface area contributed by atoms with E-state index in [0.717, 1.165) is 16.7 Å². The van der Waals surface area contributed by atoms with E-state index in [1.54, 1.807) is 12.1 Å². The number of nitrogens with two attached hydrogens (primary N) is 1. The maximum atomic E-state index is 11.9. The van der Waals surface area contributed by atoms with Gasteiger partial charge in [-0.3, -0.25) is 0 Å². The van der Waals surface area contributed by atoms with E-state index in [0.29, 0.717) is 11.3 Å². The maximum Gasteiger partial charge on any atom is 0.338 e. The first-order valence-electron chi connectivity index (χ1n) is 6.14. The van der Waals surface area contributed by atoms with E-state index in [4.69, 9.17) is 10.5 Å². The van der Waals surface area contributed by atoms with Gasteiger partial charge in [0.1, 0.15) is 6.61 Å². The Kier molecular flexibility index (Phi) is 3.85. The van der Waals surface area contributed by atoms with Crippen LogP contribution in [0.4, 0.5) is 5.69 Å². The Labute approximate surface area is 113 Å². The molecule has 0 spiro atoms. The van der Waals surface area contributed by atoms with Gasteiger partial charge in [0, 0.05) is 5.69 Å². The molecule has 0 unspecified atom stereocenters. The van der Waals surface area contributed by atoms with Crippen molar-refractivity contribution in [1.82, 2.24) is 0 Å². The van der Waals surface area contributed by atoms with E-state index in [1.807, 2.05) is 44.2 Å². The highest BCUT2D eigenvalue weighted by Gasteiger charge is 2.08. The second-order valence-electron chi connectivity index (χ2n) is 4.70. The first-order valence-corrected chi connectivity index (χ1v) is 6.14. The molecule has 0 atom stereocenters. The average molecular weight is 255 g/mol. The second-order valence-corrected chi connectivity index (χ2v) is 4.70. The van der Waals surface area contributed by atoms with Crippen LogP contribution in [0.15, 0.2) is 42.5 Å². The van der Waals surface area contributed by atoms with Crippen molar-refractivity contribution in [2.45, 2.75) is 20.5 Å². The van der Waals surface area contributed by atoms with Crippen LogP contribution in [0.5, 0.6) is 0 Å². The number of esters is 1. The van der Waals surface area contributed by atoms with Crippen LogP contribution < -0.4 is 5.73 Å². The van der Waals surface area contributed by atoms with E-state index < -0.39 is 0 Å². The first-order chi connectivity index (χ1) is 9.04. The van der Waals surface area contributed by atoms with Crippen LogP contribution in [0.1, 0.15) is 27.0 Å². The number of anilines is 1. The second kappa shape index (κ2) is 5.57. The molecule has 0 bridgehead atoms. The summed E-state index contributed by atoms with van der Waals surface area (Å²) in [5.74, 6) is -0.350. The van der Waals surface area contributed by atoms with Gasteiger partial charge in [-0.05, 0) is 43.2 Å². The zero-order valence-corrected chi connectivity index (χ0v) is 11.1. The Hall–Kier alpha value is -2.29.